The van der Waals surface area contributed by atoms with E-state index >= 15 is 0 Å². The van der Waals surface area contributed by atoms with Gasteiger partial charge in [0.1, 0.15) is 34.8 Å². The van der Waals surface area contributed by atoms with E-state index in [9.17, 15) is 5.11 Å². The molecule has 0 aromatic heterocycles. The summed E-state index contributed by atoms with van der Waals surface area (Å²) < 4.78 is 5.44. The Bertz CT molecular complexity index is 470. The lowest BCUT2D eigenvalue weighted by Crippen LogP contribution is -2.00. The van der Waals surface area contributed by atoms with Crippen molar-refractivity contribution in [1.82, 2.24) is 0 Å². The molecule has 0 atom stereocenters. The fourth-order valence-corrected chi connectivity index (χ4v) is 1.45. The van der Waals surface area contributed by atoms with Crippen LogP contribution in [-0.2, 0) is 0 Å². The van der Waals surface area contributed by atoms with Crippen LogP contribution in [0.25, 0.3) is 0 Å². The molecule has 0 aliphatic heterocycles. The molecule has 0 radical (unpaired) electrons. The molecule has 0 spiro atoms. The molecule has 0 aliphatic carbocycles. The maximum atomic E-state index is 9.43. The van der Waals surface area contributed by atoms with Crippen LogP contribution < -0.4 is 4.74 Å². The third-order valence-electron chi connectivity index (χ3n) is 2.37. The minimum atomic E-state index is -0.190. The predicted octanol–water partition coefficient (Wildman–Crippen LogP) is 2.70. The summed E-state index contributed by atoms with van der Waals surface area (Å²) in [5.74, 6) is 0.169. The maximum absolute atomic E-state index is 9.43. The van der Waals surface area contributed by atoms with Gasteiger partial charge in [0, 0.05) is 0 Å². The molecular formula is C13H14N2O2. The highest BCUT2D eigenvalue weighted by Gasteiger charge is 2.13. The number of benzene rings is 1. The van der Waals surface area contributed by atoms with E-state index in [1.807, 2.05) is 6.07 Å². The van der Waals surface area contributed by atoms with Gasteiger partial charge < -0.3 is 9.84 Å². The summed E-state index contributed by atoms with van der Waals surface area (Å²) in [5, 5.41) is 27.2. The van der Waals surface area contributed by atoms with Gasteiger partial charge in [-0.15, -0.1) is 0 Å². The second-order valence-electron chi connectivity index (χ2n) is 3.61. The van der Waals surface area contributed by atoms with E-state index in [0.29, 0.717) is 12.4 Å². The number of rotatable bonds is 5. The van der Waals surface area contributed by atoms with Crippen molar-refractivity contribution in [2.75, 3.05) is 6.61 Å². The summed E-state index contributed by atoms with van der Waals surface area (Å²) in [6.07, 6.45) is 3.06. The first-order chi connectivity index (χ1) is 8.24. The van der Waals surface area contributed by atoms with Crippen molar-refractivity contribution in [2.24, 2.45) is 0 Å². The molecule has 4 heteroatoms. The van der Waals surface area contributed by atoms with Crippen molar-refractivity contribution in [3.8, 4) is 23.6 Å². The second-order valence-corrected chi connectivity index (χ2v) is 3.61. The van der Waals surface area contributed by atoms with E-state index in [1.54, 1.807) is 6.07 Å². The van der Waals surface area contributed by atoms with Gasteiger partial charge in [0.05, 0.1) is 6.61 Å². The Hall–Kier alpha value is -2.20. The SMILES string of the molecule is CCCCCOc1ccc(O)c(C#N)c1C#N. The standard InChI is InChI=1S/C13H14N2O2/c1-2-3-4-7-17-13-6-5-12(16)10(8-14)11(13)9-15/h5-6,16H,2-4,7H2,1H3. The lowest BCUT2D eigenvalue weighted by Gasteiger charge is -2.09. The predicted molar refractivity (Wildman–Crippen MR) is 62.6 cm³/mol. The molecule has 0 saturated carbocycles. The summed E-state index contributed by atoms with van der Waals surface area (Å²) in [5.41, 5.74) is 0.0736. The minimum Gasteiger partial charge on any atom is -0.507 e. The fraction of sp³-hybridized carbons (Fsp3) is 0.385. The van der Waals surface area contributed by atoms with Crippen molar-refractivity contribution in [3.05, 3.63) is 23.3 Å². The fourth-order valence-electron chi connectivity index (χ4n) is 1.45. The number of unbranched alkanes of at least 4 members (excludes halogenated alkanes) is 2. The van der Waals surface area contributed by atoms with Crippen LogP contribution in [0, 0.1) is 22.7 Å². The highest BCUT2D eigenvalue weighted by Crippen LogP contribution is 2.28. The zero-order chi connectivity index (χ0) is 12.7. The zero-order valence-electron chi connectivity index (χ0n) is 9.73. The number of nitriles is 2. The molecule has 1 rings (SSSR count). The molecular weight excluding hydrogens is 216 g/mol. The van der Waals surface area contributed by atoms with E-state index in [-0.39, 0.29) is 16.9 Å². The summed E-state index contributed by atoms with van der Waals surface area (Å²) in [6.45, 7) is 2.60. The highest BCUT2D eigenvalue weighted by atomic mass is 16.5. The maximum Gasteiger partial charge on any atom is 0.138 e. The normalized spacial score (nSPS) is 9.35. The average Bonchev–Trinajstić information content (AvgIpc) is 2.35. The molecule has 1 N–H and O–H groups in total. The first-order valence-corrected chi connectivity index (χ1v) is 5.53. The van der Waals surface area contributed by atoms with Crippen LogP contribution in [0.2, 0.25) is 0 Å². The molecule has 0 unspecified atom stereocenters. The smallest absolute Gasteiger partial charge is 0.138 e. The zero-order valence-corrected chi connectivity index (χ0v) is 9.73. The van der Waals surface area contributed by atoms with Crippen LogP contribution in [0.4, 0.5) is 0 Å². The molecule has 4 nitrogen and oxygen atoms in total. The van der Waals surface area contributed by atoms with Gasteiger partial charge in [0.25, 0.3) is 0 Å². The van der Waals surface area contributed by atoms with Crippen LogP contribution >= 0.6 is 0 Å². The number of aromatic hydroxyl groups is 1. The monoisotopic (exact) mass is 230 g/mol. The van der Waals surface area contributed by atoms with Gasteiger partial charge in [-0.25, -0.2) is 0 Å². The number of nitrogens with zero attached hydrogens (tertiary/aromatic N) is 2. The van der Waals surface area contributed by atoms with Gasteiger partial charge in [-0.2, -0.15) is 10.5 Å². The molecule has 1 aromatic rings. The first-order valence-electron chi connectivity index (χ1n) is 5.53. The van der Waals surface area contributed by atoms with Gasteiger partial charge in [0.2, 0.25) is 0 Å². The van der Waals surface area contributed by atoms with Gasteiger partial charge in [-0.1, -0.05) is 19.8 Å². The van der Waals surface area contributed by atoms with Crippen molar-refractivity contribution >= 4 is 0 Å². The second kappa shape index (κ2) is 6.40. The van der Waals surface area contributed by atoms with Crippen LogP contribution in [0.3, 0.4) is 0 Å². The van der Waals surface area contributed by atoms with Gasteiger partial charge in [-0.05, 0) is 18.6 Å². The largest absolute Gasteiger partial charge is 0.507 e. The van der Waals surface area contributed by atoms with Crippen molar-refractivity contribution in [3.63, 3.8) is 0 Å². The summed E-state index contributed by atoms with van der Waals surface area (Å²) in [4.78, 5) is 0. The van der Waals surface area contributed by atoms with E-state index in [4.69, 9.17) is 15.3 Å². The lowest BCUT2D eigenvalue weighted by molar-refractivity contribution is 0.305. The number of phenolic OH excluding ortho intramolecular Hbond substituents is 1. The number of hydrogen-bond acceptors (Lipinski definition) is 4. The van der Waals surface area contributed by atoms with Gasteiger partial charge >= 0.3 is 0 Å². The first kappa shape index (κ1) is 12.9. The molecule has 0 amide bonds. The molecule has 0 aliphatic rings. The summed E-state index contributed by atoms with van der Waals surface area (Å²) >= 11 is 0. The topological polar surface area (TPSA) is 77.0 Å². The highest BCUT2D eigenvalue weighted by molar-refractivity contribution is 5.59. The Balaban J connectivity index is 2.87. The Labute approximate surface area is 101 Å². The van der Waals surface area contributed by atoms with Crippen LogP contribution in [-0.4, -0.2) is 11.7 Å². The molecule has 17 heavy (non-hydrogen) atoms. The Morgan fingerprint density at radius 3 is 2.47 bits per heavy atom. The third kappa shape index (κ3) is 3.12. The van der Waals surface area contributed by atoms with E-state index in [1.165, 1.54) is 12.1 Å². The van der Waals surface area contributed by atoms with Crippen LogP contribution in [0.5, 0.6) is 11.5 Å². The average molecular weight is 230 g/mol. The van der Waals surface area contributed by atoms with Crippen LogP contribution in [0.15, 0.2) is 12.1 Å². The van der Waals surface area contributed by atoms with Crippen molar-refractivity contribution in [1.29, 1.82) is 10.5 Å². The molecule has 1 aromatic carbocycles. The molecule has 88 valence electrons. The number of phenols is 1. The van der Waals surface area contributed by atoms with Crippen LogP contribution in [0.1, 0.15) is 37.3 Å². The Morgan fingerprint density at radius 1 is 1.18 bits per heavy atom. The third-order valence-corrected chi connectivity index (χ3v) is 2.37. The quantitative estimate of drug-likeness (QED) is 0.789. The number of ether oxygens (including phenoxy) is 1. The number of hydrogen-bond donors (Lipinski definition) is 1. The molecule has 0 fully saturated rings. The summed E-state index contributed by atoms with van der Waals surface area (Å²) in [7, 11) is 0. The Kier molecular flexibility index (Phi) is 4.84. The van der Waals surface area contributed by atoms with Gasteiger partial charge in [0.15, 0.2) is 0 Å². The summed E-state index contributed by atoms with van der Waals surface area (Å²) in [6, 6.07) is 6.58. The molecule has 0 heterocycles. The van der Waals surface area contributed by atoms with Gasteiger partial charge in [-0.3, -0.25) is 0 Å². The van der Waals surface area contributed by atoms with Crippen molar-refractivity contribution in [2.45, 2.75) is 26.2 Å². The van der Waals surface area contributed by atoms with Crippen molar-refractivity contribution < 1.29 is 9.84 Å². The lowest BCUT2D eigenvalue weighted by atomic mass is 10.1. The molecule has 0 bridgehead atoms. The van der Waals surface area contributed by atoms with E-state index in [0.717, 1.165) is 19.3 Å². The minimum absolute atomic E-state index is 0.0273. The van der Waals surface area contributed by atoms with E-state index in [2.05, 4.69) is 6.92 Å². The van der Waals surface area contributed by atoms with E-state index < -0.39 is 0 Å². The Morgan fingerprint density at radius 2 is 1.88 bits per heavy atom. The molecule has 0 saturated heterocycles.